The third-order valence-corrected chi connectivity index (χ3v) is 3.40. The molecule has 23 heavy (non-hydrogen) atoms. The van der Waals surface area contributed by atoms with Gasteiger partial charge in [0.2, 0.25) is 5.82 Å². The molecular weight excluding hydrogens is 449 g/mol. The fraction of sp³-hybridized carbons (Fsp3) is 0.0909. The van der Waals surface area contributed by atoms with Crippen molar-refractivity contribution in [2.45, 2.75) is 6.36 Å². The number of nitrogens with one attached hydrogen (secondary N) is 2. The van der Waals surface area contributed by atoms with Crippen LogP contribution in [0.1, 0.15) is 5.82 Å². The summed E-state index contributed by atoms with van der Waals surface area (Å²) in [6, 6.07) is 4.45. The van der Waals surface area contributed by atoms with Gasteiger partial charge in [0, 0.05) is 15.1 Å². The van der Waals surface area contributed by atoms with E-state index < -0.39 is 12.1 Å². The van der Waals surface area contributed by atoms with Gasteiger partial charge in [-0.2, -0.15) is 10.5 Å². The molecule has 0 amide bonds. The molecule has 1 heterocycles. The summed E-state index contributed by atoms with van der Waals surface area (Å²) in [5.41, 5.74) is -0.0618. The normalized spacial score (nSPS) is 11.9. The van der Waals surface area contributed by atoms with Crippen LogP contribution < -0.4 is 10.1 Å². The van der Waals surface area contributed by atoms with E-state index in [9.17, 15) is 13.2 Å². The van der Waals surface area contributed by atoms with E-state index in [1.54, 1.807) is 6.07 Å². The number of benzene rings is 1. The Morgan fingerprint density at radius 1 is 1.39 bits per heavy atom. The number of ether oxygens (including phenoxy) is 1. The Balaban J connectivity index is 2.37. The monoisotopic (exact) mass is 452 g/mol. The summed E-state index contributed by atoms with van der Waals surface area (Å²) in [5, 5.41) is 24.3. The van der Waals surface area contributed by atoms with E-state index in [1.807, 2.05) is 0 Å². The zero-order chi connectivity index (χ0) is 17.0. The molecule has 1 aromatic heterocycles. The van der Waals surface area contributed by atoms with Gasteiger partial charge >= 0.3 is 6.36 Å². The highest BCUT2D eigenvalue weighted by Gasteiger charge is 2.32. The molecule has 2 rings (SSSR count). The minimum Gasteiger partial charge on any atom is -0.403 e. The largest absolute Gasteiger partial charge is 0.573 e. The van der Waals surface area contributed by atoms with Gasteiger partial charge < -0.3 is 10.1 Å². The summed E-state index contributed by atoms with van der Waals surface area (Å²) in [6.45, 7) is 0. The van der Waals surface area contributed by atoms with Gasteiger partial charge in [0.05, 0.1) is 5.69 Å². The van der Waals surface area contributed by atoms with E-state index in [0.29, 0.717) is 4.47 Å². The average Bonchev–Trinajstić information content (AvgIpc) is 2.94. The number of aromatic nitrogens is 4. The Hall–Kier alpha value is -2.13. The Bertz CT molecular complexity index is 769. The first-order valence-corrected chi connectivity index (χ1v) is 7.24. The number of allylic oxidation sites excluding steroid dienone is 1. The molecule has 7 nitrogen and oxygen atoms in total. The lowest BCUT2D eigenvalue weighted by Gasteiger charge is -2.15. The highest BCUT2D eigenvalue weighted by molar-refractivity contribution is 9.11. The number of rotatable bonds is 4. The number of alkyl halides is 3. The lowest BCUT2D eigenvalue weighted by Crippen LogP contribution is -2.18. The van der Waals surface area contributed by atoms with Crippen molar-refractivity contribution in [3.05, 3.63) is 33.1 Å². The topological polar surface area (TPSA) is 99.5 Å². The number of tetrazole rings is 1. The number of nitriles is 1. The van der Waals surface area contributed by atoms with Gasteiger partial charge in [0.25, 0.3) is 0 Å². The predicted octanol–water partition coefficient (Wildman–Crippen LogP) is 3.60. The van der Waals surface area contributed by atoms with Crippen molar-refractivity contribution in [1.82, 2.24) is 20.6 Å². The Morgan fingerprint density at radius 2 is 2.13 bits per heavy atom. The van der Waals surface area contributed by atoms with Crippen molar-refractivity contribution in [3.63, 3.8) is 0 Å². The Morgan fingerprint density at radius 3 is 2.70 bits per heavy atom. The van der Waals surface area contributed by atoms with Crippen molar-refractivity contribution >= 4 is 43.1 Å². The first kappa shape index (κ1) is 17.2. The third kappa shape index (κ3) is 4.67. The van der Waals surface area contributed by atoms with E-state index in [1.165, 1.54) is 6.07 Å². The van der Waals surface area contributed by atoms with Crippen LogP contribution >= 0.6 is 31.9 Å². The second-order valence-corrected chi connectivity index (χ2v) is 5.63. The van der Waals surface area contributed by atoms with Gasteiger partial charge in [0.1, 0.15) is 11.6 Å². The Kier molecular flexibility index (Phi) is 5.22. The van der Waals surface area contributed by atoms with Crippen LogP contribution in [0.5, 0.6) is 5.75 Å². The summed E-state index contributed by atoms with van der Waals surface area (Å²) >= 11 is 6.20. The van der Waals surface area contributed by atoms with Gasteiger partial charge in [-0.25, -0.2) is 0 Å². The van der Waals surface area contributed by atoms with Crippen LogP contribution in [0.15, 0.2) is 27.3 Å². The van der Waals surface area contributed by atoms with Gasteiger partial charge in [-0.3, -0.25) is 0 Å². The molecule has 2 N–H and O–H groups in total. The first-order chi connectivity index (χ1) is 10.8. The number of hydrogen-bond donors (Lipinski definition) is 2. The number of nitrogens with zero attached hydrogens (tertiary/aromatic N) is 4. The quantitative estimate of drug-likeness (QED) is 0.686. The van der Waals surface area contributed by atoms with Crippen LogP contribution in [0.4, 0.5) is 18.9 Å². The van der Waals surface area contributed by atoms with Crippen molar-refractivity contribution < 1.29 is 17.9 Å². The first-order valence-electron chi connectivity index (χ1n) is 5.65. The maximum Gasteiger partial charge on any atom is 0.573 e. The van der Waals surface area contributed by atoms with Crippen molar-refractivity contribution in [1.29, 1.82) is 5.26 Å². The molecule has 1 aromatic carbocycles. The number of halogens is 5. The van der Waals surface area contributed by atoms with Gasteiger partial charge in [-0.15, -0.1) is 23.4 Å². The van der Waals surface area contributed by atoms with E-state index in [0.717, 1.165) is 12.3 Å². The molecule has 2 aromatic rings. The fourth-order valence-electron chi connectivity index (χ4n) is 1.46. The molecule has 0 unspecified atom stereocenters. The molecule has 0 saturated heterocycles. The average molecular weight is 454 g/mol. The lowest BCUT2D eigenvalue weighted by molar-refractivity contribution is -0.274. The second-order valence-electron chi connectivity index (χ2n) is 3.86. The maximum atomic E-state index is 12.5. The minimum absolute atomic E-state index is 0.00785. The Labute approximate surface area is 143 Å². The number of H-pyrrole nitrogens is 1. The van der Waals surface area contributed by atoms with E-state index in [4.69, 9.17) is 5.26 Å². The van der Waals surface area contributed by atoms with E-state index >= 15 is 0 Å². The zero-order valence-corrected chi connectivity index (χ0v) is 14.0. The summed E-state index contributed by atoms with van der Waals surface area (Å²) in [4.78, 5) is 0. The number of hydrogen-bond acceptors (Lipinski definition) is 6. The van der Waals surface area contributed by atoms with Crippen molar-refractivity contribution in [2.24, 2.45) is 0 Å². The summed E-state index contributed by atoms with van der Waals surface area (Å²) in [7, 11) is 0. The highest BCUT2D eigenvalue weighted by atomic mass is 79.9. The van der Waals surface area contributed by atoms with Crippen LogP contribution in [0.3, 0.4) is 0 Å². The molecule has 0 spiro atoms. The van der Waals surface area contributed by atoms with E-state index in [-0.39, 0.29) is 21.6 Å². The van der Waals surface area contributed by atoms with Crippen LogP contribution in [0, 0.1) is 11.3 Å². The lowest BCUT2D eigenvalue weighted by atomic mass is 10.2. The second kappa shape index (κ2) is 6.97. The van der Waals surface area contributed by atoms with Crippen LogP contribution in [0.2, 0.25) is 0 Å². The van der Waals surface area contributed by atoms with Gasteiger partial charge in [0.15, 0.2) is 5.75 Å². The third-order valence-electron chi connectivity index (χ3n) is 2.31. The molecule has 0 aliphatic heterocycles. The molecule has 12 heteroatoms. The maximum absolute atomic E-state index is 12.5. The minimum atomic E-state index is -4.87. The molecule has 0 bridgehead atoms. The van der Waals surface area contributed by atoms with Crippen LogP contribution in [0.25, 0.3) is 5.57 Å². The number of anilines is 1. The summed E-state index contributed by atoms with van der Waals surface area (Å²) in [6.07, 6.45) is -3.73. The standard InChI is InChI=1S/C11H5Br2F3N6O/c12-6-1-7(13)9(8(2-6)23-11(14,15)16)18-4-5(3-17)10-19-21-22-20-10/h1-2,4,18H,(H,19,20,21,22). The number of aromatic amines is 1. The molecule has 0 aliphatic rings. The smallest absolute Gasteiger partial charge is 0.403 e. The molecule has 0 atom stereocenters. The molecular formula is C11H5Br2F3N6O. The highest BCUT2D eigenvalue weighted by Crippen LogP contribution is 2.39. The molecule has 0 saturated carbocycles. The van der Waals surface area contributed by atoms with Gasteiger partial charge in [-0.05, 0) is 33.3 Å². The summed E-state index contributed by atoms with van der Waals surface area (Å²) in [5.74, 6) is -0.494. The van der Waals surface area contributed by atoms with Crippen LogP contribution in [-0.2, 0) is 0 Å². The molecule has 0 radical (unpaired) electrons. The van der Waals surface area contributed by atoms with E-state index in [2.05, 4.69) is 62.5 Å². The fourth-order valence-corrected chi connectivity index (χ4v) is 2.76. The van der Waals surface area contributed by atoms with Crippen LogP contribution in [-0.4, -0.2) is 27.0 Å². The molecule has 0 fully saturated rings. The van der Waals surface area contributed by atoms with Crippen molar-refractivity contribution in [3.8, 4) is 11.8 Å². The summed E-state index contributed by atoms with van der Waals surface area (Å²) < 4.78 is 42.1. The molecule has 0 aliphatic carbocycles. The van der Waals surface area contributed by atoms with Gasteiger partial charge in [-0.1, -0.05) is 15.9 Å². The zero-order valence-electron chi connectivity index (χ0n) is 10.8. The van der Waals surface area contributed by atoms with Crippen molar-refractivity contribution in [2.75, 3.05) is 5.32 Å². The predicted molar refractivity (Wildman–Crippen MR) is 79.9 cm³/mol. The SMILES string of the molecule is N#CC(=CNc1c(Br)cc(Br)cc1OC(F)(F)F)c1nn[nH]n1. The molecule has 120 valence electrons.